The van der Waals surface area contributed by atoms with Crippen LogP contribution in [0.25, 0.3) is 21.9 Å². The molecule has 0 aliphatic heterocycles. The van der Waals surface area contributed by atoms with Crippen molar-refractivity contribution >= 4 is 28.0 Å². The van der Waals surface area contributed by atoms with Crippen LogP contribution in [-0.4, -0.2) is 32.2 Å². The highest BCUT2D eigenvalue weighted by molar-refractivity contribution is 7.15. The van der Waals surface area contributed by atoms with E-state index in [2.05, 4.69) is 15.4 Å². The van der Waals surface area contributed by atoms with Crippen LogP contribution >= 0.6 is 11.3 Å². The lowest BCUT2D eigenvalue weighted by molar-refractivity contribution is 0.101. The van der Waals surface area contributed by atoms with Gasteiger partial charge in [-0.1, -0.05) is 18.2 Å². The van der Waals surface area contributed by atoms with Gasteiger partial charge in [0, 0.05) is 17.1 Å². The summed E-state index contributed by atoms with van der Waals surface area (Å²) >= 11 is 1.43. The monoisotopic (exact) mass is 433 g/mol. The third-order valence-corrected chi connectivity index (χ3v) is 5.50. The fourth-order valence-electron chi connectivity index (χ4n) is 3.26. The van der Waals surface area contributed by atoms with Crippen molar-refractivity contribution in [3.05, 3.63) is 83.9 Å². The summed E-state index contributed by atoms with van der Waals surface area (Å²) in [6, 6.07) is 15.4. The van der Waals surface area contributed by atoms with Gasteiger partial charge in [0.15, 0.2) is 16.4 Å². The van der Waals surface area contributed by atoms with E-state index in [1.807, 2.05) is 41.9 Å². The molecule has 7 nitrogen and oxygen atoms in total. The number of imidazole rings is 1. The highest BCUT2D eigenvalue weighted by Crippen LogP contribution is 2.32. The van der Waals surface area contributed by atoms with Crippen LogP contribution in [-0.2, 0) is 0 Å². The number of aromatic nitrogens is 4. The molecule has 0 bridgehead atoms. The molecule has 1 amide bonds. The summed E-state index contributed by atoms with van der Waals surface area (Å²) < 4.78 is 22.1. The lowest BCUT2D eigenvalue weighted by Gasteiger charge is -2.07. The van der Waals surface area contributed by atoms with Crippen molar-refractivity contribution in [3.63, 3.8) is 0 Å². The number of carbonyl (C=O) groups excluding carboxylic acids is 1. The Labute approximate surface area is 180 Å². The summed E-state index contributed by atoms with van der Waals surface area (Å²) in [7, 11) is 1.49. The molecule has 5 aromatic rings. The standard InChI is InChI=1S/C22H16FN5O2S/c1-30-17-13-28(16-5-3-2-4-6-16)26-19(17)21(29)25-20-18(14-7-9-15(23)10-8-14)24-22-27(20)11-12-31-22/h2-13H,1H3,(H,25,29). The predicted octanol–water partition coefficient (Wildman–Crippen LogP) is 4.65. The number of amides is 1. The molecule has 0 spiro atoms. The topological polar surface area (TPSA) is 73.5 Å². The Kier molecular flexibility index (Phi) is 4.72. The minimum absolute atomic E-state index is 0.140. The molecule has 3 heterocycles. The minimum atomic E-state index is -0.442. The van der Waals surface area contributed by atoms with Crippen LogP contribution in [0.15, 0.2) is 72.4 Å². The minimum Gasteiger partial charge on any atom is -0.493 e. The van der Waals surface area contributed by atoms with Crippen LogP contribution < -0.4 is 10.1 Å². The number of anilines is 1. The molecule has 0 saturated carbocycles. The van der Waals surface area contributed by atoms with Crippen molar-refractivity contribution in [2.45, 2.75) is 0 Å². The first-order valence-corrected chi connectivity index (χ1v) is 10.2. The van der Waals surface area contributed by atoms with E-state index in [9.17, 15) is 9.18 Å². The van der Waals surface area contributed by atoms with Gasteiger partial charge in [-0.15, -0.1) is 11.3 Å². The Morgan fingerprint density at radius 1 is 1.13 bits per heavy atom. The zero-order valence-corrected chi connectivity index (χ0v) is 17.1. The van der Waals surface area contributed by atoms with Crippen molar-refractivity contribution in [3.8, 4) is 22.7 Å². The Morgan fingerprint density at radius 2 is 1.90 bits per heavy atom. The lowest BCUT2D eigenvalue weighted by Crippen LogP contribution is -2.16. The Hall–Kier alpha value is -3.98. The van der Waals surface area contributed by atoms with E-state index in [0.29, 0.717) is 27.8 Å². The van der Waals surface area contributed by atoms with Crippen LogP contribution in [0.3, 0.4) is 0 Å². The highest BCUT2D eigenvalue weighted by Gasteiger charge is 2.23. The first-order valence-electron chi connectivity index (χ1n) is 9.36. The maximum atomic E-state index is 13.4. The first-order chi connectivity index (χ1) is 15.1. The number of nitrogens with one attached hydrogen (secondary N) is 1. The molecule has 9 heteroatoms. The van der Waals surface area contributed by atoms with Crippen molar-refractivity contribution < 1.29 is 13.9 Å². The maximum Gasteiger partial charge on any atom is 0.281 e. The number of ether oxygens (including phenoxy) is 1. The van der Waals surface area contributed by atoms with Gasteiger partial charge < -0.3 is 10.1 Å². The number of para-hydroxylation sites is 1. The Balaban J connectivity index is 1.54. The van der Waals surface area contributed by atoms with E-state index in [1.54, 1.807) is 27.4 Å². The highest BCUT2D eigenvalue weighted by atomic mass is 32.1. The number of thiazole rings is 1. The molecule has 1 N–H and O–H groups in total. The normalized spacial score (nSPS) is 11.0. The van der Waals surface area contributed by atoms with Crippen molar-refractivity contribution in [1.82, 2.24) is 19.2 Å². The predicted molar refractivity (Wildman–Crippen MR) is 117 cm³/mol. The molecule has 0 aliphatic carbocycles. The van der Waals surface area contributed by atoms with Crippen molar-refractivity contribution in [1.29, 1.82) is 0 Å². The van der Waals surface area contributed by atoms with Gasteiger partial charge in [0.1, 0.15) is 17.3 Å². The van der Waals surface area contributed by atoms with E-state index < -0.39 is 5.91 Å². The molecule has 3 aromatic heterocycles. The number of nitrogens with zero attached hydrogens (tertiary/aromatic N) is 4. The van der Waals surface area contributed by atoms with E-state index in [-0.39, 0.29) is 11.5 Å². The first kappa shape index (κ1) is 19.0. The molecule has 0 aliphatic rings. The lowest BCUT2D eigenvalue weighted by atomic mass is 10.1. The van der Waals surface area contributed by atoms with Gasteiger partial charge in [0.25, 0.3) is 5.91 Å². The summed E-state index contributed by atoms with van der Waals surface area (Å²) in [4.78, 5) is 18.5. The van der Waals surface area contributed by atoms with Crippen molar-refractivity contribution in [2.75, 3.05) is 12.4 Å². The van der Waals surface area contributed by atoms with Gasteiger partial charge in [-0.05, 0) is 36.4 Å². The Morgan fingerprint density at radius 3 is 2.65 bits per heavy atom. The van der Waals surface area contributed by atoms with E-state index in [1.165, 1.54) is 30.6 Å². The van der Waals surface area contributed by atoms with Crippen molar-refractivity contribution in [2.24, 2.45) is 0 Å². The number of benzene rings is 2. The number of fused-ring (bicyclic) bond motifs is 1. The van der Waals surface area contributed by atoms with Crippen LogP contribution in [0, 0.1) is 5.82 Å². The molecule has 154 valence electrons. The van der Waals surface area contributed by atoms with Gasteiger partial charge in [0.05, 0.1) is 19.0 Å². The summed E-state index contributed by atoms with van der Waals surface area (Å²) in [5.74, 6) is 0.0365. The smallest absolute Gasteiger partial charge is 0.281 e. The number of hydrogen-bond acceptors (Lipinski definition) is 5. The molecular weight excluding hydrogens is 417 g/mol. The maximum absolute atomic E-state index is 13.4. The van der Waals surface area contributed by atoms with Crippen LogP contribution in [0.2, 0.25) is 0 Å². The molecule has 2 aromatic carbocycles. The second kappa shape index (κ2) is 7.69. The SMILES string of the molecule is COc1cn(-c2ccccc2)nc1C(=O)Nc1c(-c2ccc(F)cc2)nc2sccn12. The van der Waals surface area contributed by atoms with E-state index in [0.717, 1.165) is 5.69 Å². The second-order valence-corrected chi connectivity index (χ2v) is 7.52. The molecular formula is C22H16FN5O2S. The van der Waals surface area contributed by atoms with Crippen LogP contribution in [0.5, 0.6) is 5.75 Å². The summed E-state index contributed by atoms with van der Waals surface area (Å²) in [5.41, 5.74) is 2.18. The van der Waals surface area contributed by atoms with E-state index in [4.69, 9.17) is 4.74 Å². The number of carbonyl (C=O) groups is 1. The molecule has 0 fully saturated rings. The summed E-state index contributed by atoms with van der Waals surface area (Å²) in [6.07, 6.45) is 3.47. The van der Waals surface area contributed by atoms with Gasteiger partial charge in [-0.2, -0.15) is 5.10 Å². The van der Waals surface area contributed by atoms with Gasteiger partial charge in [-0.3, -0.25) is 9.20 Å². The summed E-state index contributed by atoms with van der Waals surface area (Å²) in [6.45, 7) is 0. The number of halogens is 1. The molecule has 0 atom stereocenters. The average Bonchev–Trinajstić information content (AvgIpc) is 3.50. The van der Waals surface area contributed by atoms with Gasteiger partial charge >= 0.3 is 0 Å². The molecule has 0 unspecified atom stereocenters. The third kappa shape index (κ3) is 3.44. The molecule has 0 saturated heterocycles. The van der Waals surface area contributed by atoms with E-state index >= 15 is 0 Å². The fraction of sp³-hybridized carbons (Fsp3) is 0.0455. The van der Waals surface area contributed by atoms with Gasteiger partial charge in [-0.25, -0.2) is 14.1 Å². The number of methoxy groups -OCH3 is 1. The second-order valence-electron chi connectivity index (χ2n) is 6.65. The van der Waals surface area contributed by atoms with Crippen LogP contribution in [0.1, 0.15) is 10.5 Å². The largest absolute Gasteiger partial charge is 0.493 e. The summed E-state index contributed by atoms with van der Waals surface area (Å²) in [5, 5.41) is 9.20. The fourth-order valence-corrected chi connectivity index (χ4v) is 3.97. The van der Waals surface area contributed by atoms with Crippen LogP contribution in [0.4, 0.5) is 10.2 Å². The number of hydrogen-bond donors (Lipinski definition) is 1. The third-order valence-electron chi connectivity index (χ3n) is 4.75. The molecule has 31 heavy (non-hydrogen) atoms. The zero-order valence-electron chi connectivity index (χ0n) is 16.3. The quantitative estimate of drug-likeness (QED) is 0.438. The number of rotatable bonds is 5. The zero-order chi connectivity index (χ0) is 21.4. The molecule has 5 rings (SSSR count). The Bertz CT molecular complexity index is 1370. The average molecular weight is 433 g/mol. The van der Waals surface area contributed by atoms with Gasteiger partial charge in [0.2, 0.25) is 0 Å². The molecule has 0 radical (unpaired) electrons.